The number of nitrogens with one attached hydrogen (secondary N) is 2. The van der Waals surface area contributed by atoms with Crippen molar-refractivity contribution in [3.63, 3.8) is 0 Å². The Morgan fingerprint density at radius 1 is 1.53 bits per heavy atom. The second-order valence-electron chi connectivity index (χ2n) is 3.85. The zero-order valence-electron chi connectivity index (χ0n) is 8.66. The van der Waals surface area contributed by atoms with Crippen molar-refractivity contribution in [1.29, 1.82) is 0 Å². The Morgan fingerprint density at radius 2 is 2.40 bits per heavy atom. The minimum absolute atomic E-state index is 0.177. The lowest BCUT2D eigenvalue weighted by molar-refractivity contribution is -0.121. The molecule has 3 nitrogen and oxygen atoms in total. The number of amides is 1. The molecule has 1 aliphatic carbocycles. The van der Waals surface area contributed by atoms with Crippen LogP contribution in [0.3, 0.4) is 0 Å². The Morgan fingerprint density at radius 3 is 3.07 bits per heavy atom. The molecule has 1 fully saturated rings. The van der Waals surface area contributed by atoms with Crippen LogP contribution in [0.25, 0.3) is 0 Å². The van der Waals surface area contributed by atoms with E-state index < -0.39 is 0 Å². The predicted octanol–water partition coefficient (Wildman–Crippen LogP) is 1.51. The minimum Gasteiger partial charge on any atom is -0.353 e. The fourth-order valence-corrected chi connectivity index (χ4v) is 2.03. The molecule has 0 aliphatic heterocycles. The Hall–Kier alpha value is -0.870. The first-order chi connectivity index (χ1) is 7.34. The van der Waals surface area contributed by atoms with Crippen molar-refractivity contribution in [2.75, 3.05) is 6.54 Å². The molecule has 15 heavy (non-hydrogen) atoms. The Labute approximate surface area is 93.9 Å². The van der Waals surface area contributed by atoms with Crippen LogP contribution in [0.2, 0.25) is 0 Å². The maximum absolute atomic E-state index is 11.3. The van der Waals surface area contributed by atoms with E-state index in [2.05, 4.69) is 22.1 Å². The summed E-state index contributed by atoms with van der Waals surface area (Å²) in [5, 5.41) is 8.30. The van der Waals surface area contributed by atoms with Gasteiger partial charge in [-0.25, -0.2) is 0 Å². The van der Waals surface area contributed by atoms with Crippen LogP contribution in [-0.2, 0) is 11.3 Å². The van der Waals surface area contributed by atoms with Crippen LogP contribution in [0.5, 0.6) is 0 Å². The van der Waals surface area contributed by atoms with Gasteiger partial charge in [0.15, 0.2) is 0 Å². The molecule has 82 valence electrons. The minimum atomic E-state index is 0.177. The van der Waals surface area contributed by atoms with Gasteiger partial charge in [0, 0.05) is 30.4 Å². The third kappa shape index (κ3) is 4.01. The number of carbonyl (C=O) groups excluding carboxylic acids is 1. The topological polar surface area (TPSA) is 41.1 Å². The molecule has 0 radical (unpaired) electrons. The van der Waals surface area contributed by atoms with E-state index in [9.17, 15) is 4.79 Å². The normalized spacial score (nSPS) is 15.2. The molecule has 1 saturated carbocycles. The average Bonchev–Trinajstić information content (AvgIpc) is 2.87. The van der Waals surface area contributed by atoms with Crippen LogP contribution < -0.4 is 10.6 Å². The molecule has 0 aromatic carbocycles. The summed E-state index contributed by atoms with van der Waals surface area (Å²) in [6.45, 7) is 1.63. The van der Waals surface area contributed by atoms with E-state index >= 15 is 0 Å². The van der Waals surface area contributed by atoms with Gasteiger partial charge in [-0.2, -0.15) is 0 Å². The van der Waals surface area contributed by atoms with Crippen LogP contribution in [0, 0.1) is 0 Å². The summed E-state index contributed by atoms with van der Waals surface area (Å²) in [5.74, 6) is 0.177. The highest BCUT2D eigenvalue weighted by Gasteiger charge is 2.22. The van der Waals surface area contributed by atoms with Gasteiger partial charge in [0.2, 0.25) is 5.91 Å². The fraction of sp³-hybridized carbons (Fsp3) is 0.545. The van der Waals surface area contributed by atoms with Crippen LogP contribution in [0.4, 0.5) is 0 Å². The highest BCUT2D eigenvalue weighted by molar-refractivity contribution is 7.09. The first-order valence-corrected chi connectivity index (χ1v) is 6.25. The van der Waals surface area contributed by atoms with Crippen LogP contribution in [0.15, 0.2) is 17.5 Å². The van der Waals surface area contributed by atoms with Crippen molar-refractivity contribution < 1.29 is 4.79 Å². The van der Waals surface area contributed by atoms with Gasteiger partial charge in [-0.1, -0.05) is 6.07 Å². The van der Waals surface area contributed by atoms with E-state index in [4.69, 9.17) is 0 Å². The number of rotatable bonds is 6. The van der Waals surface area contributed by atoms with Crippen molar-refractivity contribution >= 4 is 17.2 Å². The zero-order chi connectivity index (χ0) is 10.5. The summed E-state index contributed by atoms with van der Waals surface area (Å²) in [4.78, 5) is 12.6. The summed E-state index contributed by atoms with van der Waals surface area (Å²) in [5.41, 5.74) is 0. The number of hydrogen-bond donors (Lipinski definition) is 2. The molecule has 1 amide bonds. The van der Waals surface area contributed by atoms with Crippen molar-refractivity contribution in [2.24, 2.45) is 0 Å². The number of hydrogen-bond acceptors (Lipinski definition) is 3. The molecule has 0 saturated heterocycles. The lowest BCUT2D eigenvalue weighted by Gasteiger charge is -2.04. The largest absolute Gasteiger partial charge is 0.353 e. The quantitative estimate of drug-likeness (QED) is 0.719. The van der Waals surface area contributed by atoms with E-state index in [0.29, 0.717) is 12.5 Å². The average molecular weight is 224 g/mol. The summed E-state index contributed by atoms with van der Waals surface area (Å²) >= 11 is 1.74. The Bertz CT molecular complexity index is 306. The molecular weight excluding hydrogens is 208 g/mol. The lowest BCUT2D eigenvalue weighted by Crippen LogP contribution is -2.28. The van der Waals surface area contributed by atoms with E-state index in [1.54, 1.807) is 11.3 Å². The van der Waals surface area contributed by atoms with E-state index in [0.717, 1.165) is 25.9 Å². The highest BCUT2D eigenvalue weighted by atomic mass is 32.1. The molecule has 0 spiro atoms. The summed E-state index contributed by atoms with van der Waals surface area (Å²) in [7, 11) is 0. The maximum Gasteiger partial charge on any atom is 0.221 e. The van der Waals surface area contributed by atoms with Crippen LogP contribution >= 0.6 is 11.3 Å². The molecule has 1 heterocycles. The third-order valence-corrected chi connectivity index (χ3v) is 3.23. The predicted molar refractivity (Wildman–Crippen MR) is 61.8 cm³/mol. The first kappa shape index (κ1) is 10.6. The summed E-state index contributed by atoms with van der Waals surface area (Å²) < 4.78 is 0. The summed E-state index contributed by atoms with van der Waals surface area (Å²) in [6, 6.07) is 4.62. The molecule has 1 aromatic heterocycles. The molecular formula is C11H16N2OS. The molecule has 0 atom stereocenters. The van der Waals surface area contributed by atoms with Gasteiger partial charge in [0.1, 0.15) is 0 Å². The SMILES string of the molecule is O=C(CCNCc1cccs1)NC1CC1. The van der Waals surface area contributed by atoms with Crippen molar-refractivity contribution in [3.8, 4) is 0 Å². The Kier molecular flexibility index (Phi) is 3.75. The molecule has 1 aromatic rings. The van der Waals surface area contributed by atoms with Gasteiger partial charge in [-0.05, 0) is 24.3 Å². The molecule has 0 bridgehead atoms. The molecule has 0 unspecified atom stereocenters. The van der Waals surface area contributed by atoms with Gasteiger partial charge >= 0.3 is 0 Å². The standard InChI is InChI=1S/C11H16N2OS/c14-11(13-9-3-4-9)5-6-12-8-10-2-1-7-15-10/h1-2,7,9,12H,3-6,8H2,(H,13,14). The first-order valence-electron chi connectivity index (χ1n) is 5.37. The van der Waals surface area contributed by atoms with Crippen LogP contribution in [-0.4, -0.2) is 18.5 Å². The highest BCUT2D eigenvalue weighted by Crippen LogP contribution is 2.18. The number of thiophene rings is 1. The van der Waals surface area contributed by atoms with Gasteiger partial charge in [-0.15, -0.1) is 11.3 Å². The van der Waals surface area contributed by atoms with E-state index in [-0.39, 0.29) is 5.91 Å². The fourth-order valence-electron chi connectivity index (χ4n) is 1.35. The lowest BCUT2D eigenvalue weighted by atomic mass is 10.3. The smallest absolute Gasteiger partial charge is 0.221 e. The molecule has 1 aliphatic rings. The summed E-state index contributed by atoms with van der Waals surface area (Å²) in [6.07, 6.45) is 2.91. The molecule has 2 N–H and O–H groups in total. The molecule has 4 heteroatoms. The molecule has 2 rings (SSSR count). The van der Waals surface area contributed by atoms with Gasteiger partial charge < -0.3 is 10.6 Å². The second-order valence-corrected chi connectivity index (χ2v) is 4.88. The van der Waals surface area contributed by atoms with E-state index in [1.165, 1.54) is 4.88 Å². The van der Waals surface area contributed by atoms with Gasteiger partial charge in [-0.3, -0.25) is 4.79 Å². The second kappa shape index (κ2) is 5.28. The monoisotopic (exact) mass is 224 g/mol. The number of carbonyl (C=O) groups is 1. The van der Waals surface area contributed by atoms with Gasteiger partial charge in [0.25, 0.3) is 0 Å². The van der Waals surface area contributed by atoms with Crippen molar-refractivity contribution in [1.82, 2.24) is 10.6 Å². The Balaban J connectivity index is 1.52. The maximum atomic E-state index is 11.3. The van der Waals surface area contributed by atoms with Crippen molar-refractivity contribution in [3.05, 3.63) is 22.4 Å². The van der Waals surface area contributed by atoms with Crippen LogP contribution in [0.1, 0.15) is 24.1 Å². The van der Waals surface area contributed by atoms with Crippen molar-refractivity contribution in [2.45, 2.75) is 31.8 Å². The third-order valence-electron chi connectivity index (χ3n) is 2.35. The zero-order valence-corrected chi connectivity index (χ0v) is 9.48. The van der Waals surface area contributed by atoms with Gasteiger partial charge in [0.05, 0.1) is 0 Å². The van der Waals surface area contributed by atoms with E-state index in [1.807, 2.05) is 6.07 Å².